The summed E-state index contributed by atoms with van der Waals surface area (Å²) >= 11 is 1.55. The van der Waals surface area contributed by atoms with Crippen LogP contribution in [0.4, 0.5) is 11.6 Å². The summed E-state index contributed by atoms with van der Waals surface area (Å²) in [4.78, 5) is 8.90. The van der Waals surface area contributed by atoms with E-state index in [4.69, 9.17) is 0 Å². The van der Waals surface area contributed by atoms with Crippen LogP contribution in [0.1, 0.15) is 18.1 Å². The highest BCUT2D eigenvalue weighted by Crippen LogP contribution is 2.17. The van der Waals surface area contributed by atoms with Gasteiger partial charge in [0, 0.05) is 19.2 Å². The second-order valence-corrected chi connectivity index (χ2v) is 5.59. The van der Waals surface area contributed by atoms with Gasteiger partial charge in [0.2, 0.25) is 0 Å². The molecule has 0 unspecified atom stereocenters. The normalized spacial score (nSPS) is 10.4. The van der Waals surface area contributed by atoms with Crippen LogP contribution in [0.25, 0.3) is 0 Å². The molecule has 0 atom stereocenters. The maximum atomic E-state index is 4.48. The van der Waals surface area contributed by atoms with Crippen molar-refractivity contribution in [3.8, 4) is 0 Å². The summed E-state index contributed by atoms with van der Waals surface area (Å²) < 4.78 is 0. The van der Waals surface area contributed by atoms with Gasteiger partial charge in [-0.1, -0.05) is 41.6 Å². The molecule has 0 saturated heterocycles. The third kappa shape index (κ3) is 4.93. The van der Waals surface area contributed by atoms with Crippen molar-refractivity contribution in [1.82, 2.24) is 9.97 Å². The van der Waals surface area contributed by atoms with Crippen molar-refractivity contribution in [1.29, 1.82) is 0 Å². The highest BCUT2D eigenvalue weighted by atomic mass is 32.2. The number of benzene rings is 1. The van der Waals surface area contributed by atoms with Gasteiger partial charge >= 0.3 is 0 Å². The zero-order valence-electron chi connectivity index (χ0n) is 12.8. The van der Waals surface area contributed by atoms with Crippen LogP contribution < -0.4 is 10.6 Å². The summed E-state index contributed by atoms with van der Waals surface area (Å²) in [5.74, 6) is 1.74. The van der Waals surface area contributed by atoms with Crippen LogP contribution in [0.2, 0.25) is 0 Å². The van der Waals surface area contributed by atoms with Gasteiger partial charge in [-0.25, -0.2) is 9.97 Å². The van der Waals surface area contributed by atoms with Crippen LogP contribution in [0, 0.1) is 6.92 Å². The number of nitrogens with one attached hydrogen (secondary N) is 2. The van der Waals surface area contributed by atoms with Crippen LogP contribution in [0.3, 0.4) is 0 Å². The molecule has 2 rings (SSSR count). The van der Waals surface area contributed by atoms with E-state index in [9.17, 15) is 0 Å². The quantitative estimate of drug-likeness (QED) is 0.604. The van der Waals surface area contributed by atoms with Gasteiger partial charge < -0.3 is 10.6 Å². The van der Waals surface area contributed by atoms with Crippen molar-refractivity contribution in [2.75, 3.05) is 30.0 Å². The molecule has 2 N–H and O–H groups in total. The molecule has 2 aromatic rings. The highest BCUT2D eigenvalue weighted by molar-refractivity contribution is 7.98. The smallest absolute Gasteiger partial charge is 0.191 e. The van der Waals surface area contributed by atoms with Gasteiger partial charge in [-0.05, 0) is 32.1 Å². The average molecular weight is 302 g/mol. The Kier molecular flexibility index (Phi) is 5.87. The lowest BCUT2D eigenvalue weighted by Crippen LogP contribution is -2.09. The van der Waals surface area contributed by atoms with Crippen molar-refractivity contribution in [3.05, 3.63) is 41.5 Å². The fraction of sp³-hybridized carbons (Fsp3) is 0.375. The third-order valence-electron chi connectivity index (χ3n) is 3.05. The van der Waals surface area contributed by atoms with E-state index in [1.807, 2.05) is 12.3 Å². The predicted octanol–water partition coefficient (Wildman–Crippen LogP) is 3.59. The molecule has 0 aliphatic rings. The topological polar surface area (TPSA) is 49.8 Å². The Balaban J connectivity index is 1.97. The van der Waals surface area contributed by atoms with Crippen molar-refractivity contribution >= 4 is 23.4 Å². The number of aryl methyl sites for hydroxylation is 1. The van der Waals surface area contributed by atoms with E-state index >= 15 is 0 Å². The number of rotatable bonds is 7. The number of nitrogens with zero attached hydrogens (tertiary/aromatic N) is 2. The number of hydrogen-bond donors (Lipinski definition) is 2. The standard InChI is InChI=1S/C16H22N4S/c1-4-17-14-11-15(20-16(19-14)21-3)18-9-8-13-7-5-6-12(2)10-13/h5-7,10-11H,4,8-9H2,1-3H3,(H2,17,18,19,20). The third-order valence-corrected chi connectivity index (χ3v) is 3.60. The second-order valence-electron chi connectivity index (χ2n) is 4.82. The minimum absolute atomic E-state index is 0.784. The fourth-order valence-electron chi connectivity index (χ4n) is 2.08. The van der Waals surface area contributed by atoms with Gasteiger partial charge in [0.05, 0.1) is 0 Å². The van der Waals surface area contributed by atoms with E-state index in [-0.39, 0.29) is 0 Å². The van der Waals surface area contributed by atoms with E-state index in [1.54, 1.807) is 11.8 Å². The van der Waals surface area contributed by atoms with Crippen LogP contribution in [-0.4, -0.2) is 29.3 Å². The van der Waals surface area contributed by atoms with Crippen LogP contribution in [0.5, 0.6) is 0 Å². The zero-order valence-corrected chi connectivity index (χ0v) is 13.6. The first-order valence-electron chi connectivity index (χ1n) is 7.17. The second kappa shape index (κ2) is 7.88. The molecule has 0 aliphatic carbocycles. The summed E-state index contributed by atoms with van der Waals surface area (Å²) in [6.07, 6.45) is 2.97. The van der Waals surface area contributed by atoms with E-state index < -0.39 is 0 Å². The molecule has 112 valence electrons. The predicted molar refractivity (Wildman–Crippen MR) is 91.3 cm³/mol. The Hall–Kier alpha value is -1.75. The van der Waals surface area contributed by atoms with Gasteiger partial charge in [0.25, 0.3) is 0 Å². The Labute approximate surface area is 130 Å². The summed E-state index contributed by atoms with van der Waals surface area (Å²) in [6.45, 7) is 5.90. The SMILES string of the molecule is CCNc1cc(NCCc2cccc(C)c2)nc(SC)n1. The Morgan fingerprint density at radius 3 is 2.52 bits per heavy atom. The van der Waals surface area contributed by atoms with Gasteiger partial charge in [-0.15, -0.1) is 0 Å². The fourth-order valence-corrected chi connectivity index (χ4v) is 2.46. The summed E-state index contributed by atoms with van der Waals surface area (Å²) in [6, 6.07) is 10.6. The number of hydrogen-bond acceptors (Lipinski definition) is 5. The molecule has 0 spiro atoms. The molecule has 0 aliphatic heterocycles. The maximum absolute atomic E-state index is 4.48. The number of aromatic nitrogens is 2. The molecule has 0 radical (unpaired) electrons. The van der Waals surface area contributed by atoms with Crippen molar-refractivity contribution in [3.63, 3.8) is 0 Å². The molecule has 0 bridgehead atoms. The minimum atomic E-state index is 0.784. The zero-order chi connectivity index (χ0) is 15.1. The molecule has 1 heterocycles. The summed E-state index contributed by atoms with van der Waals surface area (Å²) in [5, 5.41) is 7.40. The van der Waals surface area contributed by atoms with Crippen molar-refractivity contribution < 1.29 is 0 Å². The lowest BCUT2D eigenvalue weighted by molar-refractivity contribution is 0.936. The lowest BCUT2D eigenvalue weighted by Gasteiger charge is -2.10. The van der Waals surface area contributed by atoms with Crippen molar-refractivity contribution in [2.45, 2.75) is 25.4 Å². The summed E-state index contributed by atoms with van der Waals surface area (Å²) in [5.41, 5.74) is 2.64. The first-order chi connectivity index (χ1) is 10.2. The average Bonchev–Trinajstić information content (AvgIpc) is 2.47. The summed E-state index contributed by atoms with van der Waals surface area (Å²) in [7, 11) is 0. The van der Waals surface area contributed by atoms with E-state index in [2.05, 4.69) is 58.7 Å². The van der Waals surface area contributed by atoms with E-state index in [1.165, 1.54) is 11.1 Å². The minimum Gasteiger partial charge on any atom is -0.370 e. The molecule has 4 nitrogen and oxygen atoms in total. The van der Waals surface area contributed by atoms with Crippen LogP contribution in [-0.2, 0) is 6.42 Å². The van der Waals surface area contributed by atoms with Gasteiger partial charge in [-0.3, -0.25) is 0 Å². The van der Waals surface area contributed by atoms with E-state index in [0.29, 0.717) is 0 Å². The van der Waals surface area contributed by atoms with Gasteiger partial charge in [0.15, 0.2) is 5.16 Å². The van der Waals surface area contributed by atoms with Crippen molar-refractivity contribution in [2.24, 2.45) is 0 Å². The molecule has 1 aromatic carbocycles. The number of thioether (sulfide) groups is 1. The molecule has 5 heteroatoms. The molecule has 1 aromatic heterocycles. The Bertz CT molecular complexity index is 586. The molecular formula is C16H22N4S. The highest BCUT2D eigenvalue weighted by Gasteiger charge is 2.03. The van der Waals surface area contributed by atoms with Crippen LogP contribution >= 0.6 is 11.8 Å². The first-order valence-corrected chi connectivity index (χ1v) is 8.40. The van der Waals surface area contributed by atoms with E-state index in [0.717, 1.165) is 36.3 Å². The Morgan fingerprint density at radius 2 is 1.86 bits per heavy atom. The van der Waals surface area contributed by atoms with Gasteiger partial charge in [0.1, 0.15) is 11.6 Å². The van der Waals surface area contributed by atoms with Crippen LogP contribution in [0.15, 0.2) is 35.5 Å². The van der Waals surface area contributed by atoms with Gasteiger partial charge in [-0.2, -0.15) is 0 Å². The monoisotopic (exact) mass is 302 g/mol. The lowest BCUT2D eigenvalue weighted by atomic mass is 10.1. The first kappa shape index (κ1) is 15.6. The number of anilines is 2. The largest absolute Gasteiger partial charge is 0.370 e. The molecular weight excluding hydrogens is 280 g/mol. The molecule has 0 fully saturated rings. The maximum Gasteiger partial charge on any atom is 0.191 e. The Morgan fingerprint density at radius 1 is 1.10 bits per heavy atom. The molecule has 0 saturated carbocycles. The molecule has 0 amide bonds. The molecule has 21 heavy (non-hydrogen) atoms.